The summed E-state index contributed by atoms with van der Waals surface area (Å²) in [6, 6.07) is 6.36. The Bertz CT molecular complexity index is 355. The number of halogens is 1. The first-order valence-electron chi connectivity index (χ1n) is 3.27. The zero-order valence-electron chi connectivity index (χ0n) is 6.36. The summed E-state index contributed by atoms with van der Waals surface area (Å²) in [5.41, 5.74) is 0.364. The third kappa shape index (κ3) is 3.05. The standard InChI is InChI=1S/C7H6INO3S/c8-7(10)9-5-3-1-2-4-6(5)13(11)12/h1-4H,(H,9,10)(H,11,12). The van der Waals surface area contributed by atoms with Crippen LogP contribution in [0, 0.1) is 0 Å². The maximum atomic E-state index is 10.8. The number of carbonyl (C=O) groups excluding carboxylic acids is 1. The number of anilines is 1. The molecular weight excluding hydrogens is 305 g/mol. The quantitative estimate of drug-likeness (QED) is 0.381. The molecule has 0 aliphatic rings. The highest BCUT2D eigenvalue weighted by Gasteiger charge is 2.07. The molecule has 1 aromatic carbocycles. The van der Waals surface area contributed by atoms with Gasteiger partial charge in [0.15, 0.2) is 11.1 Å². The fraction of sp³-hybridized carbons (Fsp3) is 0. The number of rotatable bonds is 2. The molecule has 2 N–H and O–H groups in total. The van der Waals surface area contributed by atoms with Gasteiger partial charge in [0.1, 0.15) is 0 Å². The largest absolute Gasteiger partial charge is 0.316 e. The Balaban J connectivity index is 3.04. The minimum Gasteiger partial charge on any atom is -0.316 e. The van der Waals surface area contributed by atoms with Crippen molar-refractivity contribution in [1.29, 1.82) is 0 Å². The van der Waals surface area contributed by atoms with E-state index in [0.29, 0.717) is 5.69 Å². The lowest BCUT2D eigenvalue weighted by atomic mass is 10.3. The molecule has 4 nitrogen and oxygen atoms in total. The molecule has 0 saturated carbocycles. The molecular formula is C7H6INO3S. The van der Waals surface area contributed by atoms with Crippen LogP contribution in [0.5, 0.6) is 0 Å². The van der Waals surface area contributed by atoms with Crippen molar-refractivity contribution in [3.8, 4) is 0 Å². The SMILES string of the molecule is O=C(I)Nc1ccccc1S(=O)O. The van der Waals surface area contributed by atoms with Crippen molar-refractivity contribution in [3.63, 3.8) is 0 Å². The van der Waals surface area contributed by atoms with E-state index in [-0.39, 0.29) is 8.81 Å². The predicted molar refractivity (Wildman–Crippen MR) is 58.5 cm³/mol. The van der Waals surface area contributed by atoms with Crippen LogP contribution in [-0.4, -0.2) is 12.7 Å². The summed E-state index contributed by atoms with van der Waals surface area (Å²) < 4.78 is 19.3. The number of hydrogen-bond acceptors (Lipinski definition) is 2. The van der Waals surface area contributed by atoms with Gasteiger partial charge in [0.25, 0.3) is 3.91 Å². The van der Waals surface area contributed by atoms with Crippen LogP contribution in [0.1, 0.15) is 0 Å². The molecule has 0 aromatic heterocycles. The molecule has 1 amide bonds. The van der Waals surface area contributed by atoms with Gasteiger partial charge >= 0.3 is 0 Å². The first-order chi connectivity index (χ1) is 6.11. The molecule has 6 heteroatoms. The fourth-order valence-electron chi connectivity index (χ4n) is 0.828. The predicted octanol–water partition coefficient (Wildman–Crippen LogP) is 2.23. The van der Waals surface area contributed by atoms with E-state index in [9.17, 15) is 9.00 Å². The van der Waals surface area contributed by atoms with E-state index in [0.717, 1.165) is 0 Å². The van der Waals surface area contributed by atoms with Crippen molar-refractivity contribution in [2.24, 2.45) is 0 Å². The maximum Gasteiger partial charge on any atom is 0.285 e. The summed E-state index contributed by atoms with van der Waals surface area (Å²) >= 11 is -0.520. The lowest BCUT2D eigenvalue weighted by Crippen LogP contribution is -2.04. The van der Waals surface area contributed by atoms with Crippen molar-refractivity contribution >= 4 is 43.3 Å². The van der Waals surface area contributed by atoms with E-state index in [4.69, 9.17) is 4.55 Å². The first-order valence-corrected chi connectivity index (χ1v) is 5.46. The number of nitrogens with one attached hydrogen (secondary N) is 1. The van der Waals surface area contributed by atoms with Crippen molar-refractivity contribution in [2.75, 3.05) is 5.32 Å². The van der Waals surface area contributed by atoms with Crippen LogP contribution in [0.2, 0.25) is 0 Å². The Morgan fingerprint density at radius 2 is 2.08 bits per heavy atom. The van der Waals surface area contributed by atoms with E-state index >= 15 is 0 Å². The number of amides is 1. The second-order valence-corrected chi connectivity index (χ2v) is 4.06. The van der Waals surface area contributed by atoms with Gasteiger partial charge < -0.3 is 9.87 Å². The van der Waals surface area contributed by atoms with Gasteiger partial charge in [-0.3, -0.25) is 4.79 Å². The molecule has 1 aromatic rings. The third-order valence-electron chi connectivity index (χ3n) is 1.31. The summed E-state index contributed by atoms with van der Waals surface area (Å²) in [6.07, 6.45) is 0. The minimum atomic E-state index is -2.07. The average Bonchev–Trinajstić information content (AvgIpc) is 2.03. The average molecular weight is 311 g/mol. The summed E-state index contributed by atoms with van der Waals surface area (Å²) in [7, 11) is 0. The number of hydrogen-bond donors (Lipinski definition) is 2. The third-order valence-corrected chi connectivity index (χ3v) is 2.31. The van der Waals surface area contributed by atoms with E-state index in [1.807, 2.05) is 0 Å². The first kappa shape index (κ1) is 10.6. The normalized spacial score (nSPS) is 12.2. The summed E-state index contributed by atoms with van der Waals surface area (Å²) in [6.45, 7) is 0. The Morgan fingerprint density at radius 3 is 2.62 bits per heavy atom. The number of carbonyl (C=O) groups is 1. The van der Waals surface area contributed by atoms with Gasteiger partial charge in [-0.05, 0) is 12.1 Å². The molecule has 0 heterocycles. The molecule has 0 fully saturated rings. The minimum absolute atomic E-state index is 0.201. The Hall–Kier alpha value is -0.470. The molecule has 1 unspecified atom stereocenters. The van der Waals surface area contributed by atoms with Crippen molar-refractivity contribution in [1.82, 2.24) is 0 Å². The molecule has 0 aliphatic carbocycles. The van der Waals surface area contributed by atoms with Gasteiger partial charge in [-0.1, -0.05) is 12.1 Å². The van der Waals surface area contributed by atoms with Crippen molar-refractivity contribution < 1.29 is 13.6 Å². The van der Waals surface area contributed by atoms with Gasteiger partial charge in [-0.2, -0.15) is 0 Å². The van der Waals surface area contributed by atoms with Crippen LogP contribution in [0.4, 0.5) is 10.5 Å². The summed E-state index contributed by atoms with van der Waals surface area (Å²) in [5, 5.41) is 2.45. The molecule has 70 valence electrons. The van der Waals surface area contributed by atoms with Crippen molar-refractivity contribution in [3.05, 3.63) is 24.3 Å². The molecule has 1 rings (SSSR count). The van der Waals surface area contributed by atoms with E-state index < -0.39 is 11.1 Å². The molecule has 0 bridgehead atoms. The number of para-hydroxylation sites is 1. The Labute approximate surface area is 91.1 Å². The summed E-state index contributed by atoms with van der Waals surface area (Å²) in [4.78, 5) is 10.9. The zero-order chi connectivity index (χ0) is 9.84. The van der Waals surface area contributed by atoms with Crippen LogP contribution < -0.4 is 5.32 Å². The van der Waals surface area contributed by atoms with Crippen LogP contribution in [0.15, 0.2) is 29.2 Å². The number of benzene rings is 1. The second-order valence-electron chi connectivity index (χ2n) is 2.14. The fourth-order valence-corrected chi connectivity index (χ4v) is 1.62. The van der Waals surface area contributed by atoms with E-state index in [1.54, 1.807) is 40.8 Å². The van der Waals surface area contributed by atoms with Gasteiger partial charge in [-0.25, -0.2) is 4.21 Å². The van der Waals surface area contributed by atoms with Gasteiger partial charge in [0.2, 0.25) is 0 Å². The second kappa shape index (κ2) is 4.68. The Morgan fingerprint density at radius 1 is 1.46 bits per heavy atom. The Kier molecular flexibility index (Phi) is 3.82. The van der Waals surface area contributed by atoms with E-state index in [1.165, 1.54) is 6.07 Å². The van der Waals surface area contributed by atoms with E-state index in [2.05, 4.69) is 5.32 Å². The van der Waals surface area contributed by atoms with Crippen molar-refractivity contribution in [2.45, 2.75) is 4.90 Å². The molecule has 13 heavy (non-hydrogen) atoms. The van der Waals surface area contributed by atoms with Gasteiger partial charge in [0, 0.05) is 22.6 Å². The van der Waals surface area contributed by atoms with Crippen LogP contribution >= 0.6 is 22.6 Å². The molecule has 0 spiro atoms. The maximum absolute atomic E-state index is 10.8. The topological polar surface area (TPSA) is 66.4 Å². The molecule has 1 atom stereocenters. The van der Waals surface area contributed by atoms with Crippen LogP contribution in [0.25, 0.3) is 0 Å². The summed E-state index contributed by atoms with van der Waals surface area (Å²) in [5.74, 6) is 0. The highest BCUT2D eigenvalue weighted by Crippen LogP contribution is 2.18. The molecule has 0 radical (unpaired) electrons. The lowest BCUT2D eigenvalue weighted by molar-refractivity contribution is 0.271. The monoisotopic (exact) mass is 311 g/mol. The zero-order valence-corrected chi connectivity index (χ0v) is 9.33. The van der Waals surface area contributed by atoms with Crippen LogP contribution in [0.3, 0.4) is 0 Å². The molecule has 0 saturated heterocycles. The van der Waals surface area contributed by atoms with Crippen LogP contribution in [-0.2, 0) is 11.1 Å². The highest BCUT2D eigenvalue weighted by molar-refractivity contribution is 14.1. The highest BCUT2D eigenvalue weighted by atomic mass is 127. The van der Waals surface area contributed by atoms with Gasteiger partial charge in [-0.15, -0.1) is 0 Å². The smallest absolute Gasteiger partial charge is 0.285 e. The molecule has 0 aliphatic heterocycles. The van der Waals surface area contributed by atoms with Gasteiger partial charge in [0.05, 0.1) is 10.6 Å². The lowest BCUT2D eigenvalue weighted by Gasteiger charge is -2.04.